The van der Waals surface area contributed by atoms with E-state index in [0.717, 1.165) is 10.9 Å². The van der Waals surface area contributed by atoms with Crippen molar-refractivity contribution >= 4 is 22.7 Å². The molecule has 3 aromatic rings. The van der Waals surface area contributed by atoms with Gasteiger partial charge >= 0.3 is 6.09 Å². The number of aromatic nitrogens is 1. The maximum atomic E-state index is 13.2. The Hall–Kier alpha value is -3.09. The summed E-state index contributed by atoms with van der Waals surface area (Å²) in [6, 6.07) is 11.4. The number of halogens is 1. The van der Waals surface area contributed by atoms with Gasteiger partial charge < -0.3 is 20.3 Å². The molecule has 0 aliphatic heterocycles. The summed E-state index contributed by atoms with van der Waals surface area (Å²) in [4.78, 5) is 12.8. The third-order valence-corrected chi connectivity index (χ3v) is 3.95. The lowest BCUT2D eigenvalue weighted by Crippen LogP contribution is -2.30. The topological polar surface area (TPSA) is 92.6 Å². The van der Waals surface area contributed by atoms with Gasteiger partial charge in [0, 0.05) is 30.2 Å². The van der Waals surface area contributed by atoms with Crippen LogP contribution in [0.5, 0.6) is 0 Å². The van der Waals surface area contributed by atoms with Crippen LogP contribution in [-0.4, -0.2) is 27.8 Å². The van der Waals surface area contributed by atoms with Crippen LogP contribution in [0.4, 0.5) is 14.9 Å². The van der Waals surface area contributed by atoms with Crippen LogP contribution in [0.3, 0.4) is 0 Å². The third-order valence-electron chi connectivity index (χ3n) is 3.95. The van der Waals surface area contributed by atoms with Crippen molar-refractivity contribution in [1.29, 1.82) is 0 Å². The van der Waals surface area contributed by atoms with Crippen LogP contribution < -0.4 is 5.73 Å². The molecule has 0 aliphatic rings. The Balaban J connectivity index is 1.62. The molecular formula is C18H18FN3O3. The largest absolute Gasteiger partial charge is 0.465 e. The fourth-order valence-electron chi connectivity index (χ4n) is 2.74. The number of carbonyl (C=O) groups is 1. The fraction of sp³-hybridized carbons (Fsp3) is 0.222. The van der Waals surface area contributed by atoms with E-state index >= 15 is 0 Å². The van der Waals surface area contributed by atoms with E-state index in [4.69, 9.17) is 10.3 Å². The Bertz CT molecular complexity index is 894. The van der Waals surface area contributed by atoms with E-state index < -0.39 is 6.09 Å². The molecule has 6 nitrogen and oxygen atoms in total. The number of nitrogens with zero attached hydrogens (tertiary/aromatic N) is 2. The van der Waals surface area contributed by atoms with Crippen LogP contribution in [0.25, 0.3) is 11.0 Å². The molecule has 1 aromatic heterocycles. The Kier molecular flexibility index (Phi) is 4.83. The molecule has 1 amide bonds. The van der Waals surface area contributed by atoms with E-state index in [2.05, 4.69) is 5.16 Å². The quantitative estimate of drug-likeness (QED) is 0.666. The van der Waals surface area contributed by atoms with Gasteiger partial charge in [-0.25, -0.2) is 9.18 Å². The van der Waals surface area contributed by atoms with E-state index in [1.165, 1.54) is 17.0 Å². The number of hydrogen-bond acceptors (Lipinski definition) is 4. The number of amides is 1. The average Bonchev–Trinajstić information content (AvgIpc) is 2.96. The second-order valence-corrected chi connectivity index (χ2v) is 5.82. The first-order chi connectivity index (χ1) is 12.0. The number of nitrogen functional groups attached to an aromatic ring is 1. The summed E-state index contributed by atoms with van der Waals surface area (Å²) in [5, 5.41) is 14.1. The number of anilines is 1. The molecule has 25 heavy (non-hydrogen) atoms. The number of hydrogen-bond donors (Lipinski definition) is 2. The fourth-order valence-corrected chi connectivity index (χ4v) is 2.74. The Morgan fingerprint density at radius 1 is 1.28 bits per heavy atom. The van der Waals surface area contributed by atoms with Crippen molar-refractivity contribution < 1.29 is 18.8 Å². The Morgan fingerprint density at radius 2 is 2.12 bits per heavy atom. The lowest BCUT2D eigenvalue weighted by atomic mass is 10.1. The summed E-state index contributed by atoms with van der Waals surface area (Å²) in [6.45, 7) is 0.616. The van der Waals surface area contributed by atoms with Gasteiger partial charge in [0.05, 0.1) is 5.69 Å². The standard InChI is InChI=1S/C18H18FN3O3/c19-13-6-7-15-16(21-25-17(15)10-13)5-2-8-22(18(23)24)11-12-3-1-4-14(20)9-12/h1,3-4,6-7,9-10H,2,5,8,11,20H2,(H,23,24). The number of nitrogens with two attached hydrogens (primary N) is 1. The van der Waals surface area contributed by atoms with Crippen molar-refractivity contribution in [1.82, 2.24) is 10.1 Å². The number of rotatable bonds is 6. The summed E-state index contributed by atoms with van der Waals surface area (Å²) in [5.41, 5.74) is 8.26. The number of carboxylic acid groups (broad SMARTS) is 1. The van der Waals surface area contributed by atoms with Crippen molar-refractivity contribution in [2.75, 3.05) is 12.3 Å². The van der Waals surface area contributed by atoms with Crippen LogP contribution in [0, 0.1) is 5.82 Å². The van der Waals surface area contributed by atoms with Gasteiger partial charge in [-0.3, -0.25) is 0 Å². The highest BCUT2D eigenvalue weighted by atomic mass is 19.1. The van der Waals surface area contributed by atoms with E-state index in [-0.39, 0.29) is 12.4 Å². The van der Waals surface area contributed by atoms with Gasteiger partial charge in [-0.2, -0.15) is 0 Å². The molecule has 0 saturated heterocycles. The molecule has 0 spiro atoms. The smallest absolute Gasteiger partial charge is 0.407 e. The monoisotopic (exact) mass is 343 g/mol. The number of aryl methyl sites for hydroxylation is 1. The normalized spacial score (nSPS) is 10.9. The zero-order chi connectivity index (χ0) is 17.8. The first-order valence-electron chi connectivity index (χ1n) is 7.89. The SMILES string of the molecule is Nc1cccc(CN(CCCc2noc3cc(F)ccc23)C(=O)O)c1. The van der Waals surface area contributed by atoms with Crippen molar-refractivity contribution in [3.05, 3.63) is 59.5 Å². The van der Waals surface area contributed by atoms with E-state index in [1.807, 2.05) is 6.07 Å². The minimum Gasteiger partial charge on any atom is -0.465 e. The summed E-state index contributed by atoms with van der Waals surface area (Å²) < 4.78 is 18.3. The summed E-state index contributed by atoms with van der Waals surface area (Å²) in [5.74, 6) is -0.380. The highest BCUT2D eigenvalue weighted by Gasteiger charge is 2.14. The second kappa shape index (κ2) is 7.21. The molecule has 0 unspecified atom stereocenters. The highest BCUT2D eigenvalue weighted by molar-refractivity contribution is 5.79. The van der Waals surface area contributed by atoms with E-state index in [0.29, 0.717) is 36.4 Å². The van der Waals surface area contributed by atoms with Gasteiger partial charge in [-0.15, -0.1) is 0 Å². The molecule has 0 bridgehead atoms. The lowest BCUT2D eigenvalue weighted by Gasteiger charge is -2.19. The maximum absolute atomic E-state index is 13.2. The molecule has 0 radical (unpaired) electrons. The first kappa shape index (κ1) is 16.8. The van der Waals surface area contributed by atoms with Crippen LogP contribution in [0.2, 0.25) is 0 Å². The molecule has 1 heterocycles. The van der Waals surface area contributed by atoms with Crippen molar-refractivity contribution in [3.63, 3.8) is 0 Å². The van der Waals surface area contributed by atoms with E-state index in [1.54, 1.807) is 24.3 Å². The number of fused-ring (bicyclic) bond motifs is 1. The van der Waals surface area contributed by atoms with Gasteiger partial charge in [0.15, 0.2) is 5.58 Å². The molecular weight excluding hydrogens is 325 g/mol. The average molecular weight is 343 g/mol. The van der Waals surface area contributed by atoms with Gasteiger partial charge in [-0.1, -0.05) is 17.3 Å². The summed E-state index contributed by atoms with van der Waals surface area (Å²) >= 11 is 0. The van der Waals surface area contributed by atoms with Crippen LogP contribution in [0.1, 0.15) is 17.7 Å². The molecule has 2 aromatic carbocycles. The van der Waals surface area contributed by atoms with Crippen molar-refractivity contribution in [3.8, 4) is 0 Å². The Morgan fingerprint density at radius 3 is 2.88 bits per heavy atom. The summed E-state index contributed by atoms with van der Waals surface area (Å²) in [6.07, 6.45) is 0.127. The maximum Gasteiger partial charge on any atom is 0.407 e. The van der Waals surface area contributed by atoms with Crippen LogP contribution in [-0.2, 0) is 13.0 Å². The lowest BCUT2D eigenvalue weighted by molar-refractivity contribution is 0.141. The molecule has 3 N–H and O–H groups in total. The van der Waals surface area contributed by atoms with Gasteiger partial charge in [0.1, 0.15) is 5.82 Å². The molecule has 3 rings (SSSR count). The second-order valence-electron chi connectivity index (χ2n) is 5.82. The highest BCUT2D eigenvalue weighted by Crippen LogP contribution is 2.20. The van der Waals surface area contributed by atoms with Crippen LogP contribution in [0.15, 0.2) is 47.0 Å². The van der Waals surface area contributed by atoms with Crippen LogP contribution >= 0.6 is 0 Å². The van der Waals surface area contributed by atoms with Crippen molar-refractivity contribution in [2.24, 2.45) is 0 Å². The van der Waals surface area contributed by atoms with Gasteiger partial charge in [-0.05, 0) is 42.7 Å². The van der Waals surface area contributed by atoms with Gasteiger partial charge in [0.2, 0.25) is 0 Å². The zero-order valence-electron chi connectivity index (χ0n) is 13.5. The minimum absolute atomic E-state index is 0.269. The zero-order valence-corrected chi connectivity index (χ0v) is 13.5. The number of benzene rings is 2. The van der Waals surface area contributed by atoms with Crippen molar-refractivity contribution in [2.45, 2.75) is 19.4 Å². The third kappa shape index (κ3) is 4.06. The molecule has 0 atom stereocenters. The summed E-state index contributed by atoms with van der Waals surface area (Å²) in [7, 11) is 0. The molecule has 0 saturated carbocycles. The minimum atomic E-state index is -0.991. The predicted molar refractivity (Wildman–Crippen MR) is 91.6 cm³/mol. The molecule has 130 valence electrons. The Labute approximate surface area is 143 Å². The van der Waals surface area contributed by atoms with Gasteiger partial charge in [0.25, 0.3) is 0 Å². The predicted octanol–water partition coefficient (Wildman–Crippen LogP) is 3.66. The molecule has 7 heteroatoms. The molecule has 0 fully saturated rings. The van der Waals surface area contributed by atoms with E-state index in [9.17, 15) is 14.3 Å². The first-order valence-corrected chi connectivity index (χ1v) is 7.89. The molecule has 0 aliphatic carbocycles.